The quantitative estimate of drug-likeness (QED) is 0.657. The molecule has 0 atom stereocenters. The molecule has 0 saturated heterocycles. The highest BCUT2D eigenvalue weighted by Gasteiger charge is 2.09. The third kappa shape index (κ3) is 4.50. The van der Waals surface area contributed by atoms with Crippen molar-refractivity contribution in [3.8, 4) is 5.75 Å². The summed E-state index contributed by atoms with van der Waals surface area (Å²) in [6.45, 7) is 3.35. The van der Waals surface area contributed by atoms with Crippen LogP contribution in [0.3, 0.4) is 0 Å². The van der Waals surface area contributed by atoms with E-state index in [0.717, 1.165) is 28.8 Å². The highest BCUT2D eigenvalue weighted by molar-refractivity contribution is 9.10. The first-order valence-corrected chi connectivity index (χ1v) is 8.11. The lowest BCUT2D eigenvalue weighted by Gasteiger charge is -2.13. The minimum absolute atomic E-state index is 0.373. The van der Waals surface area contributed by atoms with Crippen molar-refractivity contribution in [2.45, 2.75) is 20.0 Å². The van der Waals surface area contributed by atoms with Gasteiger partial charge in [-0.1, -0.05) is 36.2 Å². The number of nitrogens with one attached hydrogen (secondary N) is 1. The molecule has 0 saturated carbocycles. The predicted octanol–water partition coefficient (Wildman–Crippen LogP) is 5.55. The van der Waals surface area contributed by atoms with Crippen LogP contribution in [0.25, 0.3) is 0 Å². The third-order valence-electron chi connectivity index (χ3n) is 2.79. The summed E-state index contributed by atoms with van der Waals surface area (Å²) >= 11 is 15.5. The Morgan fingerprint density at radius 3 is 2.86 bits per heavy atom. The monoisotopic (exact) mass is 388 g/mol. The number of rotatable bonds is 6. The molecule has 0 aliphatic carbocycles. The van der Waals surface area contributed by atoms with E-state index in [4.69, 9.17) is 27.9 Å². The molecule has 0 aliphatic rings. The van der Waals surface area contributed by atoms with Crippen LogP contribution in [-0.2, 0) is 6.61 Å². The van der Waals surface area contributed by atoms with E-state index in [-0.39, 0.29) is 0 Å². The summed E-state index contributed by atoms with van der Waals surface area (Å²) in [7, 11) is 0. The van der Waals surface area contributed by atoms with Crippen LogP contribution in [0.1, 0.15) is 18.9 Å². The maximum Gasteiger partial charge on any atom is 0.139 e. The van der Waals surface area contributed by atoms with Gasteiger partial charge in [-0.2, -0.15) is 0 Å². The molecule has 1 N–H and O–H groups in total. The molecule has 0 spiro atoms. The SMILES string of the molecule is CCCNc1ncccc1COc1cc(Cl)c(Br)cc1Cl. The van der Waals surface area contributed by atoms with Crippen LogP contribution in [-0.4, -0.2) is 11.5 Å². The van der Waals surface area contributed by atoms with Crippen molar-refractivity contribution in [1.82, 2.24) is 4.98 Å². The maximum absolute atomic E-state index is 6.15. The Labute approximate surface area is 142 Å². The molecular formula is C15H15BrCl2N2O. The molecule has 1 aromatic heterocycles. The number of pyridine rings is 1. The summed E-state index contributed by atoms with van der Waals surface area (Å²) in [4.78, 5) is 4.32. The van der Waals surface area contributed by atoms with Gasteiger partial charge in [0.05, 0.1) is 10.0 Å². The minimum atomic E-state index is 0.373. The van der Waals surface area contributed by atoms with Gasteiger partial charge in [-0.15, -0.1) is 0 Å². The average Bonchev–Trinajstić information content (AvgIpc) is 2.48. The number of nitrogens with zero attached hydrogens (tertiary/aromatic N) is 1. The van der Waals surface area contributed by atoms with Crippen molar-refractivity contribution in [2.75, 3.05) is 11.9 Å². The Bertz CT molecular complexity index is 623. The van der Waals surface area contributed by atoms with Crippen molar-refractivity contribution in [1.29, 1.82) is 0 Å². The Balaban J connectivity index is 2.11. The number of hydrogen-bond acceptors (Lipinski definition) is 3. The van der Waals surface area contributed by atoms with Crippen molar-refractivity contribution >= 4 is 44.9 Å². The van der Waals surface area contributed by atoms with Gasteiger partial charge in [-0.25, -0.2) is 4.98 Å². The average molecular weight is 390 g/mol. The zero-order valence-electron chi connectivity index (χ0n) is 11.5. The predicted molar refractivity (Wildman–Crippen MR) is 91.5 cm³/mol. The second-order valence-corrected chi connectivity index (χ2v) is 6.09. The molecule has 0 amide bonds. The third-order valence-corrected chi connectivity index (χ3v) is 4.28. The molecule has 0 fully saturated rings. The largest absolute Gasteiger partial charge is 0.487 e. The van der Waals surface area contributed by atoms with Gasteiger partial charge in [0, 0.05) is 28.8 Å². The van der Waals surface area contributed by atoms with Gasteiger partial charge in [0.15, 0.2) is 0 Å². The van der Waals surface area contributed by atoms with E-state index in [1.807, 2.05) is 12.1 Å². The van der Waals surface area contributed by atoms with Crippen LogP contribution in [0.2, 0.25) is 10.0 Å². The van der Waals surface area contributed by atoms with E-state index >= 15 is 0 Å². The summed E-state index contributed by atoms with van der Waals surface area (Å²) < 4.78 is 6.51. The van der Waals surface area contributed by atoms with E-state index in [0.29, 0.717) is 22.4 Å². The van der Waals surface area contributed by atoms with Crippen LogP contribution < -0.4 is 10.1 Å². The van der Waals surface area contributed by atoms with Gasteiger partial charge in [-0.05, 0) is 34.5 Å². The van der Waals surface area contributed by atoms with Gasteiger partial charge >= 0.3 is 0 Å². The molecule has 0 bridgehead atoms. The molecule has 3 nitrogen and oxygen atoms in total. The lowest BCUT2D eigenvalue weighted by atomic mass is 10.2. The zero-order chi connectivity index (χ0) is 15.2. The Morgan fingerprint density at radius 1 is 1.29 bits per heavy atom. The van der Waals surface area contributed by atoms with Crippen LogP contribution in [0.4, 0.5) is 5.82 Å². The number of hydrogen-bond donors (Lipinski definition) is 1. The highest BCUT2D eigenvalue weighted by atomic mass is 79.9. The topological polar surface area (TPSA) is 34.2 Å². The van der Waals surface area contributed by atoms with E-state index in [9.17, 15) is 0 Å². The van der Waals surface area contributed by atoms with Crippen LogP contribution >= 0.6 is 39.1 Å². The molecule has 2 aromatic rings. The van der Waals surface area contributed by atoms with Gasteiger partial charge in [0.2, 0.25) is 0 Å². The Morgan fingerprint density at radius 2 is 2.10 bits per heavy atom. The first-order valence-electron chi connectivity index (χ1n) is 6.57. The Kier molecular flexibility index (Phi) is 6.15. The first kappa shape index (κ1) is 16.4. The molecular weight excluding hydrogens is 375 g/mol. The second-order valence-electron chi connectivity index (χ2n) is 4.42. The fourth-order valence-electron chi connectivity index (χ4n) is 1.73. The lowest BCUT2D eigenvalue weighted by Crippen LogP contribution is -2.07. The van der Waals surface area contributed by atoms with Crippen molar-refractivity contribution < 1.29 is 4.74 Å². The highest BCUT2D eigenvalue weighted by Crippen LogP contribution is 2.34. The van der Waals surface area contributed by atoms with Crippen LogP contribution in [0, 0.1) is 0 Å². The number of halogens is 3. The summed E-state index contributed by atoms with van der Waals surface area (Å²) in [6, 6.07) is 7.27. The summed E-state index contributed by atoms with van der Waals surface area (Å²) in [5.41, 5.74) is 0.973. The summed E-state index contributed by atoms with van der Waals surface area (Å²) in [5, 5.41) is 4.35. The molecule has 0 unspecified atom stereocenters. The summed E-state index contributed by atoms with van der Waals surface area (Å²) in [6.07, 6.45) is 2.79. The molecule has 1 heterocycles. The fraction of sp³-hybridized carbons (Fsp3) is 0.267. The van der Waals surface area contributed by atoms with E-state index in [1.165, 1.54) is 0 Å². The molecule has 1 aromatic carbocycles. The standard InChI is InChI=1S/C15H15BrCl2N2O/c1-2-5-19-15-10(4-3-6-20-15)9-21-14-8-12(17)11(16)7-13(14)18/h3-4,6-8H,2,5,9H2,1H3,(H,19,20). The fourth-order valence-corrected chi connectivity index (χ4v) is 2.58. The minimum Gasteiger partial charge on any atom is -0.487 e. The van der Waals surface area contributed by atoms with Gasteiger partial charge in [0.25, 0.3) is 0 Å². The van der Waals surface area contributed by atoms with Crippen LogP contribution in [0.15, 0.2) is 34.9 Å². The smallest absolute Gasteiger partial charge is 0.139 e. The number of anilines is 1. The first-order chi connectivity index (χ1) is 10.1. The van der Waals surface area contributed by atoms with Crippen molar-refractivity contribution in [2.24, 2.45) is 0 Å². The van der Waals surface area contributed by atoms with E-state index in [1.54, 1.807) is 18.3 Å². The maximum atomic E-state index is 6.15. The molecule has 2 rings (SSSR count). The number of aromatic nitrogens is 1. The molecule has 112 valence electrons. The summed E-state index contributed by atoms with van der Waals surface area (Å²) in [5.74, 6) is 1.38. The Hall–Kier alpha value is -0.970. The van der Waals surface area contributed by atoms with Gasteiger partial charge < -0.3 is 10.1 Å². The van der Waals surface area contributed by atoms with E-state index < -0.39 is 0 Å². The molecule has 6 heteroatoms. The molecule has 0 aliphatic heterocycles. The molecule has 21 heavy (non-hydrogen) atoms. The van der Waals surface area contributed by atoms with Crippen molar-refractivity contribution in [3.05, 3.63) is 50.5 Å². The van der Waals surface area contributed by atoms with Crippen molar-refractivity contribution in [3.63, 3.8) is 0 Å². The van der Waals surface area contributed by atoms with E-state index in [2.05, 4.69) is 33.2 Å². The van der Waals surface area contributed by atoms with Crippen LogP contribution in [0.5, 0.6) is 5.75 Å². The number of ether oxygens (including phenoxy) is 1. The lowest BCUT2D eigenvalue weighted by molar-refractivity contribution is 0.306. The van der Waals surface area contributed by atoms with Gasteiger partial charge in [-0.3, -0.25) is 0 Å². The zero-order valence-corrected chi connectivity index (χ0v) is 14.6. The second kappa shape index (κ2) is 7.87. The molecule has 0 radical (unpaired) electrons. The number of benzene rings is 1. The van der Waals surface area contributed by atoms with Gasteiger partial charge in [0.1, 0.15) is 18.2 Å². The normalized spacial score (nSPS) is 10.5.